The molecule has 1 aromatic carbocycles. The fourth-order valence-corrected chi connectivity index (χ4v) is 5.47. The van der Waals surface area contributed by atoms with Crippen LogP contribution >= 0.6 is 24.0 Å². The minimum Gasteiger partial charge on any atom is -0.357 e. The first kappa shape index (κ1) is 25.3. The molecule has 170 valence electrons. The van der Waals surface area contributed by atoms with Gasteiger partial charge in [0.25, 0.3) is 0 Å². The monoisotopic (exact) mass is 552 g/mol. The van der Waals surface area contributed by atoms with Gasteiger partial charge in [0, 0.05) is 32.2 Å². The van der Waals surface area contributed by atoms with Gasteiger partial charge in [-0.1, -0.05) is 25.0 Å². The van der Waals surface area contributed by atoms with Crippen LogP contribution < -0.4 is 10.6 Å². The summed E-state index contributed by atoms with van der Waals surface area (Å²) in [6.07, 6.45) is 6.51. The van der Waals surface area contributed by atoms with E-state index in [1.54, 1.807) is 0 Å². The van der Waals surface area contributed by atoms with Gasteiger partial charge in [0.2, 0.25) is 0 Å². The van der Waals surface area contributed by atoms with Crippen LogP contribution in [0.3, 0.4) is 0 Å². The lowest BCUT2D eigenvalue weighted by Crippen LogP contribution is -2.45. The van der Waals surface area contributed by atoms with Crippen LogP contribution in [0.25, 0.3) is 0 Å². The summed E-state index contributed by atoms with van der Waals surface area (Å²) in [6.45, 7) is 6.04. The molecule has 1 aliphatic carbocycles. The zero-order valence-electron chi connectivity index (χ0n) is 17.6. The minimum atomic E-state index is -3.70. The van der Waals surface area contributed by atoms with Gasteiger partial charge in [0.1, 0.15) is 10.7 Å². The number of hydrogen-bond donors (Lipinski definition) is 2. The molecule has 2 aliphatic rings. The summed E-state index contributed by atoms with van der Waals surface area (Å²) in [7, 11) is -3.70. The van der Waals surface area contributed by atoms with Crippen molar-refractivity contribution in [1.29, 1.82) is 0 Å². The second-order valence-corrected chi connectivity index (χ2v) is 10.1. The van der Waals surface area contributed by atoms with E-state index in [1.807, 2.05) is 6.92 Å². The van der Waals surface area contributed by atoms with Gasteiger partial charge in [0.15, 0.2) is 15.8 Å². The predicted octanol–water partition coefficient (Wildman–Crippen LogP) is 3.04. The largest absolute Gasteiger partial charge is 0.357 e. The van der Waals surface area contributed by atoms with E-state index in [0.717, 1.165) is 25.4 Å². The number of likely N-dealkylation sites (tertiary alicyclic amines) is 1. The first-order valence-corrected chi connectivity index (χ1v) is 12.4. The van der Waals surface area contributed by atoms with Crippen molar-refractivity contribution >= 4 is 39.8 Å². The molecule has 1 heterocycles. The van der Waals surface area contributed by atoms with Crippen molar-refractivity contribution in [2.24, 2.45) is 10.9 Å². The van der Waals surface area contributed by atoms with Gasteiger partial charge >= 0.3 is 0 Å². The molecule has 0 radical (unpaired) electrons. The fraction of sp³-hybridized carbons (Fsp3) is 0.667. The summed E-state index contributed by atoms with van der Waals surface area (Å²) in [6, 6.07) is 5.80. The third-order valence-corrected chi connectivity index (χ3v) is 7.47. The maximum Gasteiger partial charge on any atom is 0.191 e. The maximum atomic E-state index is 13.8. The summed E-state index contributed by atoms with van der Waals surface area (Å²) < 4.78 is 38.6. The Morgan fingerprint density at radius 1 is 1.23 bits per heavy atom. The third kappa shape index (κ3) is 7.33. The molecule has 2 fully saturated rings. The number of aliphatic imine (C=N–C) groups is 1. The van der Waals surface area contributed by atoms with E-state index in [4.69, 9.17) is 0 Å². The lowest BCUT2D eigenvalue weighted by atomic mass is 10.1. The Labute approximate surface area is 197 Å². The second kappa shape index (κ2) is 12.2. The highest BCUT2D eigenvalue weighted by Gasteiger charge is 2.26. The molecule has 1 saturated carbocycles. The maximum absolute atomic E-state index is 13.8. The van der Waals surface area contributed by atoms with Crippen LogP contribution in [0.1, 0.15) is 39.0 Å². The van der Waals surface area contributed by atoms with Crippen molar-refractivity contribution in [1.82, 2.24) is 15.5 Å². The van der Waals surface area contributed by atoms with E-state index in [-0.39, 0.29) is 41.2 Å². The first-order valence-electron chi connectivity index (χ1n) is 10.7. The van der Waals surface area contributed by atoms with Gasteiger partial charge in [0.05, 0.1) is 12.3 Å². The molecule has 0 amide bonds. The molecule has 9 heteroatoms. The SMILES string of the molecule is CCNC(=NCCS(=O)(=O)c1ccccc1F)NC1CCN(CC2CCCC2)C1.I. The number of benzene rings is 1. The summed E-state index contributed by atoms with van der Waals surface area (Å²) >= 11 is 0. The molecular formula is C21H34FIN4O2S. The van der Waals surface area contributed by atoms with E-state index >= 15 is 0 Å². The molecule has 0 bridgehead atoms. The van der Waals surface area contributed by atoms with Crippen molar-refractivity contribution in [3.63, 3.8) is 0 Å². The number of rotatable bonds is 8. The number of hydrogen-bond acceptors (Lipinski definition) is 4. The lowest BCUT2D eigenvalue weighted by molar-refractivity contribution is 0.275. The van der Waals surface area contributed by atoms with Crippen LogP contribution in [-0.4, -0.2) is 63.8 Å². The van der Waals surface area contributed by atoms with Crippen LogP contribution in [0.4, 0.5) is 4.39 Å². The second-order valence-electron chi connectivity index (χ2n) is 8.05. The number of guanidine groups is 1. The minimum absolute atomic E-state index is 0. The van der Waals surface area contributed by atoms with E-state index in [2.05, 4.69) is 20.5 Å². The number of nitrogens with one attached hydrogen (secondary N) is 2. The molecule has 1 atom stereocenters. The third-order valence-electron chi connectivity index (χ3n) is 5.75. The average molecular weight is 552 g/mol. The molecule has 1 saturated heterocycles. The van der Waals surface area contributed by atoms with Crippen LogP contribution in [0.15, 0.2) is 34.2 Å². The smallest absolute Gasteiger partial charge is 0.191 e. The van der Waals surface area contributed by atoms with E-state index in [0.29, 0.717) is 18.5 Å². The summed E-state index contributed by atoms with van der Waals surface area (Å²) in [5.41, 5.74) is 0. The van der Waals surface area contributed by atoms with Crippen LogP contribution in [-0.2, 0) is 9.84 Å². The van der Waals surface area contributed by atoms with Crippen LogP contribution in [0.5, 0.6) is 0 Å². The Morgan fingerprint density at radius 3 is 2.67 bits per heavy atom. The molecule has 2 N–H and O–H groups in total. The standard InChI is InChI=1S/C21H33FN4O2S.HI/c1-2-23-21(24-12-14-29(27,28)20-10-6-5-9-19(20)22)25-18-11-13-26(16-18)15-17-7-3-4-8-17;/h5-6,9-10,17-18H,2-4,7-8,11-16H2,1H3,(H2,23,24,25);1H. The highest BCUT2D eigenvalue weighted by molar-refractivity contribution is 14.0. The Balaban J connectivity index is 0.00000320. The highest BCUT2D eigenvalue weighted by Crippen LogP contribution is 2.26. The molecule has 30 heavy (non-hydrogen) atoms. The van der Waals surface area contributed by atoms with Gasteiger partial charge in [-0.2, -0.15) is 0 Å². The zero-order valence-corrected chi connectivity index (χ0v) is 20.8. The van der Waals surface area contributed by atoms with Crippen LogP contribution in [0.2, 0.25) is 0 Å². The number of sulfone groups is 1. The van der Waals surface area contributed by atoms with Crippen molar-refractivity contribution in [3.8, 4) is 0 Å². The highest BCUT2D eigenvalue weighted by atomic mass is 127. The quantitative estimate of drug-likeness (QED) is 0.295. The number of nitrogens with zero attached hydrogens (tertiary/aromatic N) is 2. The molecule has 0 spiro atoms. The van der Waals surface area contributed by atoms with Crippen molar-refractivity contribution in [2.45, 2.75) is 50.0 Å². The van der Waals surface area contributed by atoms with Gasteiger partial charge in [-0.25, -0.2) is 12.8 Å². The molecule has 1 unspecified atom stereocenters. The van der Waals surface area contributed by atoms with E-state index < -0.39 is 15.7 Å². The average Bonchev–Trinajstić information content (AvgIpc) is 3.34. The van der Waals surface area contributed by atoms with Gasteiger partial charge in [-0.05, 0) is 44.2 Å². The molecule has 3 rings (SSSR count). The Bertz CT molecular complexity index is 800. The topological polar surface area (TPSA) is 73.8 Å². The van der Waals surface area contributed by atoms with Gasteiger partial charge in [-0.15, -0.1) is 24.0 Å². The Morgan fingerprint density at radius 2 is 1.97 bits per heavy atom. The van der Waals surface area contributed by atoms with Gasteiger partial charge in [-0.3, -0.25) is 4.99 Å². The summed E-state index contributed by atoms with van der Waals surface area (Å²) in [5, 5.41) is 6.62. The molecule has 1 aromatic rings. The van der Waals surface area contributed by atoms with Crippen LogP contribution in [0, 0.1) is 11.7 Å². The normalized spacial score (nSPS) is 20.9. The molecular weight excluding hydrogens is 518 g/mol. The Hall–Kier alpha value is -0.940. The fourth-order valence-electron chi connectivity index (χ4n) is 4.27. The van der Waals surface area contributed by atoms with E-state index in [9.17, 15) is 12.8 Å². The first-order chi connectivity index (χ1) is 14.0. The Kier molecular flexibility index (Phi) is 10.3. The molecule has 6 nitrogen and oxygen atoms in total. The molecule has 0 aromatic heterocycles. The van der Waals surface area contributed by atoms with Crippen molar-refractivity contribution in [3.05, 3.63) is 30.1 Å². The van der Waals surface area contributed by atoms with E-state index in [1.165, 1.54) is 56.5 Å². The van der Waals surface area contributed by atoms with Crippen molar-refractivity contribution in [2.75, 3.05) is 38.5 Å². The van der Waals surface area contributed by atoms with Crippen molar-refractivity contribution < 1.29 is 12.8 Å². The summed E-state index contributed by atoms with van der Waals surface area (Å²) in [5.74, 6) is 0.543. The molecule has 1 aliphatic heterocycles. The predicted molar refractivity (Wildman–Crippen MR) is 130 cm³/mol. The zero-order chi connectivity index (χ0) is 20.7. The lowest BCUT2D eigenvalue weighted by Gasteiger charge is -2.21. The summed E-state index contributed by atoms with van der Waals surface area (Å²) in [4.78, 5) is 6.69. The number of halogens is 2. The van der Waals surface area contributed by atoms with Gasteiger partial charge < -0.3 is 15.5 Å².